The van der Waals surface area contributed by atoms with Gasteiger partial charge >= 0.3 is 6.03 Å². The lowest BCUT2D eigenvalue weighted by Crippen LogP contribution is -2.46. The molecule has 1 aliphatic rings. The van der Waals surface area contributed by atoms with Gasteiger partial charge in [-0.25, -0.2) is 9.48 Å². The second-order valence-electron chi connectivity index (χ2n) is 7.66. The van der Waals surface area contributed by atoms with Gasteiger partial charge in [-0.2, -0.15) is 5.10 Å². The Morgan fingerprint density at radius 2 is 1.97 bits per heavy atom. The maximum Gasteiger partial charge on any atom is 0.317 e. The maximum absolute atomic E-state index is 12.6. The summed E-state index contributed by atoms with van der Waals surface area (Å²) >= 11 is 1.71. The number of piperidine rings is 1. The first-order chi connectivity index (χ1) is 15.2. The molecule has 1 aliphatic heterocycles. The van der Waals surface area contributed by atoms with Crippen molar-refractivity contribution in [2.24, 2.45) is 5.92 Å². The fourth-order valence-electron chi connectivity index (χ4n) is 3.77. The lowest BCUT2D eigenvalue weighted by Gasteiger charge is -2.31. The van der Waals surface area contributed by atoms with Crippen molar-refractivity contribution in [3.05, 3.63) is 70.7 Å². The number of aromatic nitrogens is 2. The predicted octanol–water partition coefficient (Wildman–Crippen LogP) is 3.21. The smallest absolute Gasteiger partial charge is 0.317 e. The van der Waals surface area contributed by atoms with Crippen LogP contribution in [0.15, 0.2) is 60.2 Å². The lowest BCUT2D eigenvalue weighted by molar-refractivity contribution is -0.126. The van der Waals surface area contributed by atoms with Crippen LogP contribution in [0.2, 0.25) is 0 Å². The average molecular weight is 438 g/mol. The summed E-state index contributed by atoms with van der Waals surface area (Å²) in [7, 11) is 0. The van der Waals surface area contributed by atoms with Crippen molar-refractivity contribution < 1.29 is 9.59 Å². The van der Waals surface area contributed by atoms with Crippen LogP contribution in [0.3, 0.4) is 0 Å². The molecule has 8 heteroatoms. The fourth-order valence-corrected chi connectivity index (χ4v) is 4.48. The maximum atomic E-state index is 12.6. The van der Waals surface area contributed by atoms with Crippen molar-refractivity contribution in [1.29, 1.82) is 0 Å². The predicted molar refractivity (Wildman–Crippen MR) is 121 cm³/mol. The molecule has 7 nitrogen and oxygen atoms in total. The van der Waals surface area contributed by atoms with Crippen molar-refractivity contribution in [2.75, 3.05) is 19.6 Å². The molecule has 0 bridgehead atoms. The van der Waals surface area contributed by atoms with E-state index in [-0.39, 0.29) is 17.9 Å². The minimum atomic E-state index is -0.0824. The third-order valence-corrected chi connectivity index (χ3v) is 6.46. The molecule has 3 heterocycles. The van der Waals surface area contributed by atoms with Gasteiger partial charge in [0.2, 0.25) is 5.91 Å². The molecule has 0 aliphatic carbocycles. The first-order valence-corrected chi connectivity index (χ1v) is 11.5. The average Bonchev–Trinajstić information content (AvgIpc) is 3.52. The quantitative estimate of drug-likeness (QED) is 0.596. The van der Waals surface area contributed by atoms with E-state index >= 15 is 0 Å². The highest BCUT2D eigenvalue weighted by molar-refractivity contribution is 7.09. The molecule has 0 saturated carbocycles. The number of hydrogen-bond donors (Lipinski definition) is 2. The number of hydrogen-bond acceptors (Lipinski definition) is 4. The Kier molecular flexibility index (Phi) is 6.99. The highest BCUT2D eigenvalue weighted by atomic mass is 32.1. The van der Waals surface area contributed by atoms with Crippen molar-refractivity contribution in [1.82, 2.24) is 25.3 Å². The Balaban J connectivity index is 1.19. The van der Waals surface area contributed by atoms with Crippen molar-refractivity contribution in [2.45, 2.75) is 25.8 Å². The van der Waals surface area contributed by atoms with Gasteiger partial charge in [-0.15, -0.1) is 11.3 Å². The highest BCUT2D eigenvalue weighted by Crippen LogP contribution is 2.18. The summed E-state index contributed by atoms with van der Waals surface area (Å²) < 4.78 is 1.79. The Hall–Kier alpha value is -3.13. The number of amides is 3. The van der Waals surface area contributed by atoms with Crippen LogP contribution in [0.1, 0.15) is 23.3 Å². The third-order valence-electron chi connectivity index (χ3n) is 5.53. The zero-order valence-corrected chi connectivity index (χ0v) is 18.2. The standard InChI is InChI=1S/C23H27N5O2S/c29-22(24-11-7-21-6-2-15-31-21)19-8-13-27(14-9-19)23(30)25-17-18-4-1-5-20(16-18)28-12-3-10-26-28/h1-6,10,12,15-16,19H,7-9,11,13-14,17H2,(H,24,29)(H,25,30). The van der Waals surface area contributed by atoms with E-state index in [2.05, 4.69) is 21.8 Å². The number of benzene rings is 1. The summed E-state index contributed by atoms with van der Waals surface area (Å²) in [5.41, 5.74) is 1.98. The molecule has 1 aromatic carbocycles. The van der Waals surface area contributed by atoms with Gasteiger partial charge in [-0.05, 0) is 54.5 Å². The molecule has 1 saturated heterocycles. The van der Waals surface area contributed by atoms with Crippen LogP contribution < -0.4 is 10.6 Å². The van der Waals surface area contributed by atoms with Crippen molar-refractivity contribution >= 4 is 23.3 Å². The zero-order chi connectivity index (χ0) is 21.5. The molecule has 2 N–H and O–H groups in total. The van der Waals surface area contributed by atoms with Gasteiger partial charge in [0.15, 0.2) is 0 Å². The molecule has 2 aromatic heterocycles. The number of rotatable bonds is 7. The number of carbonyl (C=O) groups excluding carboxylic acids is 2. The summed E-state index contributed by atoms with van der Waals surface area (Å²) in [6, 6.07) is 13.8. The summed E-state index contributed by atoms with van der Waals surface area (Å²) in [5.74, 6) is 0.0881. The van der Waals surface area contributed by atoms with E-state index < -0.39 is 0 Å². The molecule has 3 amide bonds. The number of nitrogens with zero attached hydrogens (tertiary/aromatic N) is 3. The van der Waals surface area contributed by atoms with E-state index in [1.54, 1.807) is 27.1 Å². The van der Waals surface area contributed by atoms with Crippen LogP contribution in [-0.4, -0.2) is 46.3 Å². The number of nitrogens with one attached hydrogen (secondary N) is 2. The lowest BCUT2D eigenvalue weighted by atomic mass is 9.96. The number of thiophene rings is 1. The molecular weight excluding hydrogens is 410 g/mol. The first kappa shape index (κ1) is 21.1. The molecule has 1 fully saturated rings. The second-order valence-corrected chi connectivity index (χ2v) is 8.69. The van der Waals surface area contributed by atoms with Crippen LogP contribution in [0.25, 0.3) is 5.69 Å². The van der Waals surface area contributed by atoms with Crippen LogP contribution in [0.4, 0.5) is 4.79 Å². The number of urea groups is 1. The minimum absolute atomic E-state index is 0.0156. The van der Waals surface area contributed by atoms with Gasteiger partial charge in [-0.1, -0.05) is 18.2 Å². The van der Waals surface area contributed by atoms with Gasteiger partial charge in [-0.3, -0.25) is 4.79 Å². The van der Waals surface area contributed by atoms with Crippen molar-refractivity contribution in [3.63, 3.8) is 0 Å². The van der Waals surface area contributed by atoms with Crippen LogP contribution >= 0.6 is 11.3 Å². The van der Waals surface area contributed by atoms with Crippen molar-refractivity contribution in [3.8, 4) is 5.69 Å². The largest absolute Gasteiger partial charge is 0.355 e. The topological polar surface area (TPSA) is 79.3 Å². The summed E-state index contributed by atoms with van der Waals surface area (Å²) in [4.78, 5) is 28.1. The van der Waals surface area contributed by atoms with E-state index in [1.807, 2.05) is 48.0 Å². The highest BCUT2D eigenvalue weighted by Gasteiger charge is 2.27. The van der Waals surface area contributed by atoms with Gasteiger partial charge < -0.3 is 15.5 Å². The third kappa shape index (κ3) is 5.73. The summed E-state index contributed by atoms with van der Waals surface area (Å²) in [5, 5.41) is 12.3. The first-order valence-electron chi connectivity index (χ1n) is 10.6. The van der Waals surface area contributed by atoms with Crippen LogP contribution in [-0.2, 0) is 17.8 Å². The minimum Gasteiger partial charge on any atom is -0.355 e. The second kappa shape index (κ2) is 10.3. The van der Waals surface area contributed by atoms with E-state index in [9.17, 15) is 9.59 Å². The molecule has 0 spiro atoms. The number of carbonyl (C=O) groups is 2. The van der Waals surface area contributed by atoms with Crippen LogP contribution in [0, 0.1) is 5.92 Å². The Morgan fingerprint density at radius 1 is 1.10 bits per heavy atom. The summed E-state index contributed by atoms with van der Waals surface area (Å²) in [6.07, 6.45) is 5.90. The van der Waals surface area contributed by atoms with E-state index in [4.69, 9.17) is 0 Å². The molecule has 3 aromatic rings. The van der Waals surface area contributed by atoms with E-state index in [0.29, 0.717) is 39.0 Å². The molecule has 0 radical (unpaired) electrons. The van der Waals surface area contributed by atoms with Gasteiger partial charge in [0.05, 0.1) is 5.69 Å². The molecule has 0 unspecified atom stereocenters. The van der Waals surface area contributed by atoms with Gasteiger partial charge in [0, 0.05) is 49.4 Å². The Morgan fingerprint density at radius 3 is 2.71 bits per heavy atom. The monoisotopic (exact) mass is 437 g/mol. The van der Waals surface area contributed by atoms with Gasteiger partial charge in [0.25, 0.3) is 0 Å². The summed E-state index contributed by atoms with van der Waals surface area (Å²) in [6.45, 7) is 2.32. The zero-order valence-electron chi connectivity index (χ0n) is 17.4. The molecule has 162 valence electrons. The van der Waals surface area contributed by atoms with Crippen LogP contribution in [0.5, 0.6) is 0 Å². The number of likely N-dealkylation sites (tertiary alicyclic amines) is 1. The Labute approximate surface area is 186 Å². The normalized spacial score (nSPS) is 14.4. The molecule has 0 atom stereocenters. The molecule has 31 heavy (non-hydrogen) atoms. The Bertz CT molecular complexity index is 979. The molecule has 4 rings (SSSR count). The van der Waals surface area contributed by atoms with E-state index in [0.717, 1.165) is 17.7 Å². The van der Waals surface area contributed by atoms with E-state index in [1.165, 1.54) is 4.88 Å². The SMILES string of the molecule is O=C(NCCc1cccs1)C1CCN(C(=O)NCc2cccc(-n3cccn3)c2)CC1. The fraction of sp³-hybridized carbons (Fsp3) is 0.348. The molecular formula is C23H27N5O2S. The van der Waals surface area contributed by atoms with Gasteiger partial charge in [0.1, 0.15) is 0 Å².